The molecule has 0 aliphatic carbocycles. The number of carbonyl (C=O) groups excluding carboxylic acids is 1. The molecule has 148 valence electrons. The highest BCUT2D eigenvalue weighted by atomic mass is 19.4. The van der Waals surface area contributed by atoms with Crippen LogP contribution in [0.25, 0.3) is 22.3 Å². The van der Waals surface area contributed by atoms with Gasteiger partial charge in [-0.3, -0.25) is 9.48 Å². The molecule has 4 aromatic rings. The highest BCUT2D eigenvalue weighted by Crippen LogP contribution is 2.34. The molecule has 10 heteroatoms. The number of pyridine rings is 1. The molecule has 7 nitrogen and oxygen atoms in total. The fourth-order valence-electron chi connectivity index (χ4n) is 2.90. The number of benzene rings is 1. The average molecular weight is 401 g/mol. The molecular formula is C19H14F3N5O2. The normalized spacial score (nSPS) is 11.6. The van der Waals surface area contributed by atoms with E-state index in [0.29, 0.717) is 22.4 Å². The van der Waals surface area contributed by atoms with E-state index in [1.807, 2.05) is 0 Å². The van der Waals surface area contributed by atoms with Crippen LogP contribution in [-0.4, -0.2) is 32.0 Å². The number of aromatic amines is 1. The highest BCUT2D eigenvalue weighted by molar-refractivity contribution is 6.03. The topological polar surface area (TPSA) is 84.8 Å². The van der Waals surface area contributed by atoms with Crippen LogP contribution in [-0.2, 0) is 7.05 Å². The third kappa shape index (κ3) is 3.91. The summed E-state index contributed by atoms with van der Waals surface area (Å²) in [4.78, 5) is 19.6. The van der Waals surface area contributed by atoms with Gasteiger partial charge in [0.2, 0.25) is 0 Å². The molecule has 3 aromatic heterocycles. The molecule has 4 rings (SSSR count). The van der Waals surface area contributed by atoms with Crippen molar-refractivity contribution in [3.63, 3.8) is 0 Å². The van der Waals surface area contributed by atoms with Crippen molar-refractivity contribution >= 4 is 22.8 Å². The first-order valence-electron chi connectivity index (χ1n) is 8.44. The predicted octanol–water partition coefficient (Wildman–Crippen LogP) is 4.11. The van der Waals surface area contributed by atoms with Gasteiger partial charge in [-0.1, -0.05) is 12.1 Å². The average Bonchev–Trinajstić information content (AvgIpc) is 3.26. The maximum absolute atomic E-state index is 12.7. The number of anilines is 1. The molecular weight excluding hydrogens is 387 g/mol. The summed E-state index contributed by atoms with van der Waals surface area (Å²) in [5.41, 5.74) is 1.41. The zero-order chi connectivity index (χ0) is 20.6. The molecule has 2 N–H and O–H groups in total. The summed E-state index contributed by atoms with van der Waals surface area (Å²) in [6.45, 7) is 0. The minimum absolute atomic E-state index is 0.239. The molecule has 1 aromatic carbocycles. The number of aromatic nitrogens is 4. The lowest BCUT2D eigenvalue weighted by atomic mass is 10.1. The smallest absolute Gasteiger partial charge is 0.405 e. The van der Waals surface area contributed by atoms with Gasteiger partial charge in [0.1, 0.15) is 22.9 Å². The number of fused-ring (bicyclic) bond motifs is 1. The second kappa shape index (κ2) is 6.97. The number of para-hydroxylation sites is 1. The summed E-state index contributed by atoms with van der Waals surface area (Å²) in [7, 11) is 1.64. The molecule has 0 saturated carbocycles. The maximum atomic E-state index is 12.7. The fourth-order valence-corrected chi connectivity index (χ4v) is 2.90. The molecule has 0 fully saturated rings. The van der Waals surface area contributed by atoms with Crippen molar-refractivity contribution in [3.8, 4) is 17.0 Å². The third-order valence-electron chi connectivity index (χ3n) is 4.18. The van der Waals surface area contributed by atoms with E-state index in [9.17, 15) is 18.0 Å². The van der Waals surface area contributed by atoms with Crippen molar-refractivity contribution < 1.29 is 22.7 Å². The van der Waals surface area contributed by atoms with E-state index in [1.165, 1.54) is 29.1 Å². The molecule has 0 atom stereocenters. The van der Waals surface area contributed by atoms with Gasteiger partial charge in [0.25, 0.3) is 5.91 Å². The summed E-state index contributed by atoms with van der Waals surface area (Å²) < 4.78 is 43.5. The van der Waals surface area contributed by atoms with E-state index in [1.54, 1.807) is 37.4 Å². The Labute approximate surface area is 162 Å². The van der Waals surface area contributed by atoms with Crippen molar-refractivity contribution in [2.45, 2.75) is 6.36 Å². The van der Waals surface area contributed by atoms with Gasteiger partial charge >= 0.3 is 6.36 Å². The number of rotatable bonds is 4. The predicted molar refractivity (Wildman–Crippen MR) is 99.4 cm³/mol. The minimum atomic E-state index is -4.80. The van der Waals surface area contributed by atoms with Crippen molar-refractivity contribution in [2.75, 3.05) is 5.32 Å². The molecule has 1 amide bonds. The minimum Gasteiger partial charge on any atom is -0.405 e. The highest BCUT2D eigenvalue weighted by Gasteiger charge is 2.32. The Morgan fingerprint density at radius 3 is 2.69 bits per heavy atom. The van der Waals surface area contributed by atoms with Gasteiger partial charge < -0.3 is 15.0 Å². The van der Waals surface area contributed by atoms with E-state index in [0.717, 1.165) is 0 Å². The number of aryl methyl sites for hydroxylation is 1. The van der Waals surface area contributed by atoms with Crippen LogP contribution in [0.15, 0.2) is 54.7 Å². The Morgan fingerprint density at radius 1 is 1.17 bits per heavy atom. The second-order valence-corrected chi connectivity index (χ2v) is 6.16. The number of ether oxygens (including phenoxy) is 1. The molecule has 0 aliphatic rings. The van der Waals surface area contributed by atoms with E-state index >= 15 is 0 Å². The number of H-pyrrole nitrogens is 1. The molecule has 29 heavy (non-hydrogen) atoms. The molecule has 0 saturated heterocycles. The summed E-state index contributed by atoms with van der Waals surface area (Å²) in [6.07, 6.45) is -3.30. The summed E-state index contributed by atoms with van der Waals surface area (Å²) in [5.74, 6) is -0.416. The van der Waals surface area contributed by atoms with Gasteiger partial charge in [-0.25, -0.2) is 4.98 Å². The zero-order valence-electron chi connectivity index (χ0n) is 15.0. The molecule has 0 bridgehead atoms. The second-order valence-electron chi connectivity index (χ2n) is 6.16. The number of hydrogen-bond donors (Lipinski definition) is 2. The largest absolute Gasteiger partial charge is 0.573 e. The number of hydrogen-bond acceptors (Lipinski definition) is 4. The van der Waals surface area contributed by atoms with Gasteiger partial charge in [-0.2, -0.15) is 5.10 Å². The lowest BCUT2D eigenvalue weighted by Crippen LogP contribution is -2.17. The SMILES string of the molecule is Cn1nccc1C(=O)Nc1ccc2cc(-c3ccccc3OC(F)(F)F)[nH]c2n1. The first-order valence-corrected chi connectivity index (χ1v) is 8.44. The monoisotopic (exact) mass is 401 g/mol. The van der Waals surface area contributed by atoms with Crippen LogP contribution in [0.3, 0.4) is 0 Å². The maximum Gasteiger partial charge on any atom is 0.573 e. The van der Waals surface area contributed by atoms with Crippen LogP contribution in [0.1, 0.15) is 10.5 Å². The van der Waals surface area contributed by atoms with Gasteiger partial charge in [0.15, 0.2) is 0 Å². The van der Waals surface area contributed by atoms with Gasteiger partial charge in [0.05, 0.1) is 5.69 Å². The number of amides is 1. The first kappa shape index (κ1) is 18.5. The Kier molecular flexibility index (Phi) is 4.45. The Hall–Kier alpha value is -3.82. The molecule has 0 aliphatic heterocycles. The molecule has 0 spiro atoms. The Balaban J connectivity index is 1.65. The molecule has 3 heterocycles. The lowest BCUT2D eigenvalue weighted by molar-refractivity contribution is -0.274. The number of nitrogens with zero attached hydrogens (tertiary/aromatic N) is 3. The van der Waals surface area contributed by atoms with Crippen LogP contribution in [0.2, 0.25) is 0 Å². The summed E-state index contributed by atoms with van der Waals surface area (Å²) >= 11 is 0. The Morgan fingerprint density at radius 2 is 1.97 bits per heavy atom. The quantitative estimate of drug-likeness (QED) is 0.539. The van der Waals surface area contributed by atoms with Gasteiger partial charge in [-0.15, -0.1) is 13.2 Å². The Bertz CT molecular complexity index is 1200. The van der Waals surface area contributed by atoms with Crippen molar-refractivity contribution in [2.24, 2.45) is 7.05 Å². The number of nitrogens with one attached hydrogen (secondary N) is 2. The van der Waals surface area contributed by atoms with Crippen LogP contribution in [0.4, 0.5) is 19.0 Å². The number of carbonyl (C=O) groups is 1. The van der Waals surface area contributed by atoms with E-state index in [-0.39, 0.29) is 23.0 Å². The van der Waals surface area contributed by atoms with Crippen molar-refractivity contribution in [3.05, 3.63) is 60.4 Å². The van der Waals surface area contributed by atoms with Crippen LogP contribution < -0.4 is 10.1 Å². The van der Waals surface area contributed by atoms with Crippen LogP contribution in [0, 0.1) is 0 Å². The first-order chi connectivity index (χ1) is 13.8. The fraction of sp³-hybridized carbons (Fsp3) is 0.105. The number of alkyl halides is 3. The molecule has 0 unspecified atom stereocenters. The number of halogens is 3. The van der Waals surface area contributed by atoms with Gasteiger partial charge in [0, 0.05) is 24.2 Å². The van der Waals surface area contributed by atoms with E-state index in [4.69, 9.17) is 0 Å². The zero-order valence-corrected chi connectivity index (χ0v) is 15.0. The van der Waals surface area contributed by atoms with E-state index in [2.05, 4.69) is 25.1 Å². The molecule has 0 radical (unpaired) electrons. The summed E-state index contributed by atoms with van der Waals surface area (Å²) in [5, 5.41) is 7.27. The van der Waals surface area contributed by atoms with Gasteiger partial charge in [-0.05, 0) is 36.4 Å². The van der Waals surface area contributed by atoms with E-state index < -0.39 is 6.36 Å². The van der Waals surface area contributed by atoms with Crippen LogP contribution in [0.5, 0.6) is 5.75 Å². The third-order valence-corrected chi connectivity index (χ3v) is 4.18. The van der Waals surface area contributed by atoms with Crippen LogP contribution >= 0.6 is 0 Å². The van der Waals surface area contributed by atoms with Crippen molar-refractivity contribution in [1.82, 2.24) is 19.7 Å². The lowest BCUT2D eigenvalue weighted by Gasteiger charge is -2.12. The summed E-state index contributed by atoms with van der Waals surface area (Å²) in [6, 6.07) is 12.3. The standard InChI is InChI=1S/C19H14F3N5O2/c1-27-14(8-9-23-27)18(28)26-16-7-6-11-10-13(24-17(11)25-16)12-4-2-3-5-15(12)29-19(20,21)22/h2-10H,1H3,(H2,24,25,26,28). The van der Waals surface area contributed by atoms with Crippen molar-refractivity contribution in [1.29, 1.82) is 0 Å².